The molecule has 1 unspecified atom stereocenters. The number of carbonyl (C=O) groups excluding carboxylic acids is 1. The molecular formula is C20H23ClFN3O3S. The summed E-state index contributed by atoms with van der Waals surface area (Å²) in [6.45, 7) is 3.98. The molecule has 156 valence electrons. The van der Waals surface area contributed by atoms with E-state index in [2.05, 4.69) is 9.62 Å². The molecule has 1 aliphatic heterocycles. The van der Waals surface area contributed by atoms with Crippen molar-refractivity contribution in [3.8, 4) is 0 Å². The topological polar surface area (TPSA) is 69.7 Å². The molecule has 1 atom stereocenters. The number of piperazine rings is 1. The average molecular weight is 440 g/mol. The predicted molar refractivity (Wildman–Crippen MR) is 111 cm³/mol. The first-order valence-corrected chi connectivity index (χ1v) is 11.2. The molecule has 0 radical (unpaired) electrons. The van der Waals surface area contributed by atoms with Crippen molar-refractivity contribution < 1.29 is 17.6 Å². The molecule has 9 heteroatoms. The van der Waals surface area contributed by atoms with Crippen LogP contribution < -0.4 is 9.62 Å². The van der Waals surface area contributed by atoms with Gasteiger partial charge in [0.15, 0.2) is 0 Å². The zero-order valence-corrected chi connectivity index (χ0v) is 17.6. The average Bonchev–Trinajstić information content (AvgIpc) is 2.72. The minimum Gasteiger partial charge on any atom is -0.368 e. The maximum atomic E-state index is 13.1. The van der Waals surface area contributed by atoms with Gasteiger partial charge in [-0.3, -0.25) is 4.79 Å². The van der Waals surface area contributed by atoms with Crippen LogP contribution in [0.1, 0.15) is 13.3 Å². The van der Waals surface area contributed by atoms with Crippen molar-refractivity contribution in [3.63, 3.8) is 0 Å². The van der Waals surface area contributed by atoms with E-state index in [9.17, 15) is 17.6 Å². The van der Waals surface area contributed by atoms with Crippen LogP contribution in [-0.4, -0.2) is 51.4 Å². The van der Waals surface area contributed by atoms with Crippen LogP contribution in [0.4, 0.5) is 10.1 Å². The molecule has 1 saturated heterocycles. The standard InChI is InChI=1S/C20H23ClFN3O3S/c1-2-19(23-29(27,28)18-8-6-16(22)7-9-18)20(26)25-12-10-24(11-13-25)17-5-3-4-15(21)14-17/h3-9,14,19,23H,2,10-13H2,1H3. The summed E-state index contributed by atoms with van der Waals surface area (Å²) >= 11 is 6.05. The van der Waals surface area contributed by atoms with Crippen LogP contribution in [0.5, 0.6) is 0 Å². The van der Waals surface area contributed by atoms with Crippen molar-refractivity contribution in [1.29, 1.82) is 0 Å². The Morgan fingerprint density at radius 3 is 2.38 bits per heavy atom. The van der Waals surface area contributed by atoms with E-state index >= 15 is 0 Å². The maximum absolute atomic E-state index is 13.1. The maximum Gasteiger partial charge on any atom is 0.241 e. The van der Waals surface area contributed by atoms with Gasteiger partial charge in [0.2, 0.25) is 15.9 Å². The molecule has 1 N–H and O–H groups in total. The summed E-state index contributed by atoms with van der Waals surface area (Å²) in [7, 11) is -3.92. The van der Waals surface area contributed by atoms with Crippen LogP contribution in [-0.2, 0) is 14.8 Å². The number of nitrogens with zero attached hydrogens (tertiary/aromatic N) is 2. The molecule has 1 amide bonds. The van der Waals surface area contributed by atoms with Gasteiger partial charge >= 0.3 is 0 Å². The summed E-state index contributed by atoms with van der Waals surface area (Å²) in [6.07, 6.45) is 0.313. The highest BCUT2D eigenvalue weighted by atomic mass is 35.5. The second-order valence-electron chi connectivity index (χ2n) is 6.83. The Morgan fingerprint density at radius 1 is 1.14 bits per heavy atom. The van der Waals surface area contributed by atoms with Crippen molar-refractivity contribution in [2.45, 2.75) is 24.3 Å². The van der Waals surface area contributed by atoms with E-state index in [0.29, 0.717) is 37.6 Å². The predicted octanol–water partition coefficient (Wildman–Crippen LogP) is 2.88. The minimum absolute atomic E-state index is 0.0732. The monoisotopic (exact) mass is 439 g/mol. The molecule has 0 aromatic heterocycles. The van der Waals surface area contributed by atoms with E-state index in [1.807, 2.05) is 24.3 Å². The van der Waals surface area contributed by atoms with Crippen LogP contribution in [0.25, 0.3) is 0 Å². The number of carbonyl (C=O) groups is 1. The van der Waals surface area contributed by atoms with Gasteiger partial charge in [0.05, 0.1) is 4.90 Å². The van der Waals surface area contributed by atoms with Gasteiger partial charge in [-0.25, -0.2) is 12.8 Å². The lowest BCUT2D eigenvalue weighted by Crippen LogP contribution is -2.54. The first-order chi connectivity index (χ1) is 13.8. The van der Waals surface area contributed by atoms with Crippen molar-refractivity contribution in [3.05, 3.63) is 59.4 Å². The molecule has 0 spiro atoms. The fourth-order valence-corrected chi connectivity index (χ4v) is 4.71. The third kappa shape index (κ3) is 5.26. The molecule has 1 fully saturated rings. The van der Waals surface area contributed by atoms with E-state index in [4.69, 9.17) is 11.6 Å². The Morgan fingerprint density at radius 2 is 1.79 bits per heavy atom. The summed E-state index contributed by atoms with van der Waals surface area (Å²) in [5, 5.41) is 0.655. The Labute approximate surface area is 175 Å². The largest absolute Gasteiger partial charge is 0.368 e. The van der Waals surface area contributed by atoms with E-state index in [1.54, 1.807) is 11.8 Å². The van der Waals surface area contributed by atoms with E-state index < -0.39 is 21.9 Å². The third-order valence-corrected chi connectivity index (χ3v) is 6.62. The van der Waals surface area contributed by atoms with Gasteiger partial charge < -0.3 is 9.80 Å². The zero-order chi connectivity index (χ0) is 21.0. The first kappa shape index (κ1) is 21.5. The fourth-order valence-electron chi connectivity index (χ4n) is 3.26. The molecule has 29 heavy (non-hydrogen) atoms. The summed E-state index contributed by atoms with van der Waals surface area (Å²) < 4.78 is 40.6. The highest BCUT2D eigenvalue weighted by Gasteiger charge is 2.30. The molecule has 1 heterocycles. The lowest BCUT2D eigenvalue weighted by molar-refractivity contribution is -0.133. The number of rotatable bonds is 6. The van der Waals surface area contributed by atoms with Crippen LogP contribution in [0.15, 0.2) is 53.4 Å². The van der Waals surface area contributed by atoms with Crippen molar-refractivity contribution >= 4 is 33.2 Å². The molecule has 0 bridgehead atoms. The second kappa shape index (κ2) is 9.11. The fraction of sp³-hybridized carbons (Fsp3) is 0.350. The summed E-state index contributed by atoms with van der Waals surface area (Å²) in [5.41, 5.74) is 0.994. The van der Waals surface area contributed by atoms with Crippen LogP contribution in [0.2, 0.25) is 5.02 Å². The lowest BCUT2D eigenvalue weighted by Gasteiger charge is -2.37. The number of anilines is 1. The normalized spacial score (nSPS) is 16.0. The van der Waals surface area contributed by atoms with Crippen molar-refractivity contribution in [2.75, 3.05) is 31.1 Å². The van der Waals surface area contributed by atoms with Gasteiger partial charge in [0.1, 0.15) is 11.9 Å². The first-order valence-electron chi connectivity index (χ1n) is 9.37. The van der Waals surface area contributed by atoms with Crippen molar-refractivity contribution in [2.24, 2.45) is 0 Å². The van der Waals surface area contributed by atoms with Crippen LogP contribution in [0.3, 0.4) is 0 Å². The Balaban J connectivity index is 1.63. The van der Waals surface area contributed by atoms with E-state index in [-0.39, 0.29) is 10.8 Å². The zero-order valence-electron chi connectivity index (χ0n) is 16.0. The van der Waals surface area contributed by atoms with Crippen molar-refractivity contribution in [1.82, 2.24) is 9.62 Å². The number of sulfonamides is 1. The molecular weight excluding hydrogens is 417 g/mol. The smallest absolute Gasteiger partial charge is 0.241 e. The van der Waals surface area contributed by atoms with Gasteiger partial charge in [-0.1, -0.05) is 24.6 Å². The van der Waals surface area contributed by atoms with Gasteiger partial charge in [-0.05, 0) is 48.9 Å². The Kier molecular flexibility index (Phi) is 6.77. The van der Waals surface area contributed by atoms with Gasteiger partial charge in [0, 0.05) is 36.9 Å². The lowest BCUT2D eigenvalue weighted by atomic mass is 10.2. The van der Waals surface area contributed by atoms with E-state index in [1.165, 1.54) is 12.1 Å². The Hall–Kier alpha value is -2.16. The highest BCUT2D eigenvalue weighted by molar-refractivity contribution is 7.89. The SMILES string of the molecule is CCC(NS(=O)(=O)c1ccc(F)cc1)C(=O)N1CCN(c2cccc(Cl)c2)CC1. The number of hydrogen-bond donors (Lipinski definition) is 1. The molecule has 1 aliphatic rings. The number of amides is 1. The van der Waals surface area contributed by atoms with Crippen LogP contribution >= 0.6 is 11.6 Å². The third-order valence-electron chi connectivity index (χ3n) is 4.89. The number of halogens is 2. The molecule has 3 rings (SSSR count). The minimum atomic E-state index is -3.92. The number of nitrogens with one attached hydrogen (secondary N) is 1. The number of benzene rings is 2. The molecule has 0 aliphatic carbocycles. The quantitative estimate of drug-likeness (QED) is 0.751. The molecule has 2 aromatic rings. The summed E-state index contributed by atoms with van der Waals surface area (Å²) in [4.78, 5) is 16.6. The molecule has 6 nitrogen and oxygen atoms in total. The van der Waals surface area contributed by atoms with Gasteiger partial charge in [-0.15, -0.1) is 0 Å². The van der Waals surface area contributed by atoms with Crippen LogP contribution in [0, 0.1) is 5.82 Å². The van der Waals surface area contributed by atoms with E-state index in [0.717, 1.165) is 17.8 Å². The molecule has 2 aromatic carbocycles. The number of hydrogen-bond acceptors (Lipinski definition) is 4. The Bertz CT molecular complexity index is 961. The summed E-state index contributed by atoms with van der Waals surface area (Å²) in [5.74, 6) is -0.784. The van der Waals surface area contributed by atoms with Gasteiger partial charge in [0.25, 0.3) is 0 Å². The summed E-state index contributed by atoms with van der Waals surface area (Å²) in [6, 6.07) is 11.2. The highest BCUT2D eigenvalue weighted by Crippen LogP contribution is 2.21. The van der Waals surface area contributed by atoms with Gasteiger partial charge in [-0.2, -0.15) is 4.72 Å². The molecule has 0 saturated carbocycles. The second-order valence-corrected chi connectivity index (χ2v) is 8.98.